The fraction of sp³-hybridized carbons (Fsp3) is 0.318. The molecule has 0 bridgehead atoms. The standard InChI is InChI=1S/C22H25N3O4/c1-4-24(15(2)17-6-5-7-19(14-17)29-3)22(28)16-8-10-18(11-9-16)25-21(27)13-12-20(26)23-25/h5-11,14-15H,4,12-13H2,1-3H3,(H,23,26). The number of amides is 3. The van der Waals surface area contributed by atoms with E-state index in [1.165, 1.54) is 5.01 Å². The number of methoxy groups -OCH3 is 1. The molecule has 2 aromatic carbocycles. The highest BCUT2D eigenvalue weighted by Crippen LogP contribution is 2.26. The van der Waals surface area contributed by atoms with Gasteiger partial charge in [0.1, 0.15) is 5.75 Å². The lowest BCUT2D eigenvalue weighted by Crippen LogP contribution is -2.50. The number of carbonyl (C=O) groups is 3. The van der Waals surface area contributed by atoms with Crippen LogP contribution in [-0.2, 0) is 9.59 Å². The van der Waals surface area contributed by atoms with Crippen LogP contribution in [0.2, 0.25) is 0 Å². The highest BCUT2D eigenvalue weighted by Gasteiger charge is 2.25. The van der Waals surface area contributed by atoms with Crippen molar-refractivity contribution in [2.75, 3.05) is 18.7 Å². The Hall–Kier alpha value is -3.35. The minimum absolute atomic E-state index is 0.108. The average molecular weight is 395 g/mol. The minimum Gasteiger partial charge on any atom is -0.497 e. The summed E-state index contributed by atoms with van der Waals surface area (Å²) in [5.74, 6) is 0.262. The molecule has 1 fully saturated rings. The maximum absolute atomic E-state index is 13.1. The summed E-state index contributed by atoms with van der Waals surface area (Å²) in [6.07, 6.45) is 0.369. The topological polar surface area (TPSA) is 79.0 Å². The van der Waals surface area contributed by atoms with Crippen LogP contribution in [0.5, 0.6) is 5.75 Å². The van der Waals surface area contributed by atoms with Crippen molar-refractivity contribution in [1.29, 1.82) is 0 Å². The molecule has 0 radical (unpaired) electrons. The molecule has 1 aliphatic rings. The molecule has 1 N–H and O–H groups in total. The molecule has 3 rings (SSSR count). The molecule has 1 heterocycles. The summed E-state index contributed by atoms with van der Waals surface area (Å²) in [5.41, 5.74) is 4.58. The monoisotopic (exact) mass is 395 g/mol. The van der Waals surface area contributed by atoms with E-state index >= 15 is 0 Å². The van der Waals surface area contributed by atoms with E-state index < -0.39 is 0 Å². The van der Waals surface area contributed by atoms with Crippen LogP contribution in [0.3, 0.4) is 0 Å². The molecule has 1 aliphatic heterocycles. The molecule has 0 spiro atoms. The van der Waals surface area contributed by atoms with Crippen molar-refractivity contribution >= 4 is 23.4 Å². The van der Waals surface area contributed by atoms with Gasteiger partial charge in [-0.2, -0.15) is 0 Å². The number of hydrogen-bond donors (Lipinski definition) is 1. The van der Waals surface area contributed by atoms with Crippen molar-refractivity contribution in [2.24, 2.45) is 0 Å². The molecule has 7 nitrogen and oxygen atoms in total. The van der Waals surface area contributed by atoms with Gasteiger partial charge in [-0.3, -0.25) is 19.8 Å². The Morgan fingerprint density at radius 2 is 1.90 bits per heavy atom. The van der Waals surface area contributed by atoms with E-state index in [-0.39, 0.29) is 36.6 Å². The van der Waals surface area contributed by atoms with Gasteiger partial charge >= 0.3 is 0 Å². The minimum atomic E-state index is -0.200. The second kappa shape index (κ2) is 8.77. The lowest BCUT2D eigenvalue weighted by molar-refractivity contribution is -0.130. The molecule has 1 atom stereocenters. The first-order chi connectivity index (χ1) is 13.9. The zero-order valence-electron chi connectivity index (χ0n) is 16.8. The highest BCUT2D eigenvalue weighted by atomic mass is 16.5. The first-order valence-electron chi connectivity index (χ1n) is 9.62. The third kappa shape index (κ3) is 4.39. The van der Waals surface area contributed by atoms with Crippen molar-refractivity contribution in [3.05, 3.63) is 59.7 Å². The molecule has 7 heteroatoms. The largest absolute Gasteiger partial charge is 0.497 e. The number of benzene rings is 2. The number of rotatable bonds is 6. The fourth-order valence-electron chi connectivity index (χ4n) is 3.38. The molecule has 152 valence electrons. The fourth-order valence-corrected chi connectivity index (χ4v) is 3.38. The molecule has 29 heavy (non-hydrogen) atoms. The van der Waals surface area contributed by atoms with Crippen LogP contribution in [0.15, 0.2) is 48.5 Å². The number of nitrogens with one attached hydrogen (secondary N) is 1. The Morgan fingerprint density at radius 1 is 1.17 bits per heavy atom. The molecule has 1 saturated heterocycles. The number of ether oxygens (including phenoxy) is 1. The van der Waals surface area contributed by atoms with Gasteiger partial charge in [-0.1, -0.05) is 12.1 Å². The molecular formula is C22H25N3O4. The van der Waals surface area contributed by atoms with Gasteiger partial charge in [-0.15, -0.1) is 0 Å². The van der Waals surface area contributed by atoms with Crippen molar-refractivity contribution < 1.29 is 19.1 Å². The van der Waals surface area contributed by atoms with Gasteiger partial charge in [-0.25, -0.2) is 5.01 Å². The van der Waals surface area contributed by atoms with Crippen LogP contribution in [0.4, 0.5) is 5.69 Å². The van der Waals surface area contributed by atoms with Gasteiger partial charge in [-0.05, 0) is 55.8 Å². The summed E-state index contributed by atoms with van der Waals surface area (Å²) in [6.45, 7) is 4.46. The average Bonchev–Trinajstić information content (AvgIpc) is 2.76. The van der Waals surface area contributed by atoms with Crippen LogP contribution in [0, 0.1) is 0 Å². The van der Waals surface area contributed by atoms with Crippen molar-refractivity contribution in [1.82, 2.24) is 10.3 Å². The van der Waals surface area contributed by atoms with E-state index in [0.717, 1.165) is 11.3 Å². The van der Waals surface area contributed by atoms with Crippen molar-refractivity contribution in [3.63, 3.8) is 0 Å². The summed E-state index contributed by atoms with van der Waals surface area (Å²) in [4.78, 5) is 38.5. The van der Waals surface area contributed by atoms with Crippen LogP contribution in [0.25, 0.3) is 0 Å². The predicted octanol–water partition coefficient (Wildman–Crippen LogP) is 3.08. The molecular weight excluding hydrogens is 370 g/mol. The summed E-state index contributed by atoms with van der Waals surface area (Å²) >= 11 is 0. The van der Waals surface area contributed by atoms with E-state index in [9.17, 15) is 14.4 Å². The Kier molecular flexibility index (Phi) is 6.16. The Bertz CT molecular complexity index is 911. The molecule has 3 amide bonds. The Morgan fingerprint density at radius 3 is 2.55 bits per heavy atom. The first kappa shape index (κ1) is 20.4. The van der Waals surface area contributed by atoms with Crippen LogP contribution in [-0.4, -0.2) is 36.3 Å². The van der Waals surface area contributed by atoms with E-state index in [0.29, 0.717) is 17.8 Å². The third-order valence-corrected chi connectivity index (χ3v) is 5.07. The van der Waals surface area contributed by atoms with E-state index in [1.807, 2.05) is 38.1 Å². The summed E-state index contributed by atoms with van der Waals surface area (Å²) in [7, 11) is 1.61. The number of hydrogen-bond acceptors (Lipinski definition) is 4. The number of anilines is 1. The molecule has 1 unspecified atom stereocenters. The quantitative estimate of drug-likeness (QED) is 0.815. The number of carbonyl (C=O) groups excluding carboxylic acids is 3. The zero-order chi connectivity index (χ0) is 21.0. The van der Waals surface area contributed by atoms with Crippen LogP contribution >= 0.6 is 0 Å². The zero-order valence-corrected chi connectivity index (χ0v) is 16.8. The highest BCUT2D eigenvalue weighted by molar-refractivity contribution is 6.01. The third-order valence-electron chi connectivity index (χ3n) is 5.07. The molecule has 0 aliphatic carbocycles. The van der Waals surface area contributed by atoms with Gasteiger partial charge in [0.15, 0.2) is 0 Å². The van der Waals surface area contributed by atoms with E-state index in [1.54, 1.807) is 36.3 Å². The maximum Gasteiger partial charge on any atom is 0.254 e. The summed E-state index contributed by atoms with van der Waals surface area (Å²) < 4.78 is 5.29. The molecule has 0 saturated carbocycles. The first-order valence-corrected chi connectivity index (χ1v) is 9.62. The smallest absolute Gasteiger partial charge is 0.254 e. The van der Waals surface area contributed by atoms with Gasteiger partial charge in [0, 0.05) is 24.9 Å². The van der Waals surface area contributed by atoms with Crippen molar-refractivity contribution in [3.8, 4) is 5.75 Å². The number of nitrogens with zero attached hydrogens (tertiary/aromatic N) is 2. The van der Waals surface area contributed by atoms with Gasteiger partial charge in [0.25, 0.3) is 5.91 Å². The maximum atomic E-state index is 13.1. The van der Waals surface area contributed by atoms with E-state index in [4.69, 9.17) is 4.74 Å². The van der Waals surface area contributed by atoms with Gasteiger partial charge in [0.05, 0.1) is 18.8 Å². The lowest BCUT2D eigenvalue weighted by Gasteiger charge is -2.29. The Labute approximate surface area is 170 Å². The second-order valence-corrected chi connectivity index (χ2v) is 6.85. The van der Waals surface area contributed by atoms with Gasteiger partial charge < -0.3 is 9.64 Å². The van der Waals surface area contributed by atoms with Crippen LogP contribution < -0.4 is 15.2 Å². The summed E-state index contributed by atoms with van der Waals surface area (Å²) in [6, 6.07) is 14.2. The van der Waals surface area contributed by atoms with Crippen LogP contribution in [0.1, 0.15) is 48.7 Å². The Balaban J connectivity index is 1.78. The van der Waals surface area contributed by atoms with E-state index in [2.05, 4.69) is 5.43 Å². The van der Waals surface area contributed by atoms with Gasteiger partial charge in [0.2, 0.25) is 11.8 Å². The SMILES string of the molecule is CCN(C(=O)c1ccc(N2NC(=O)CCC2=O)cc1)C(C)c1cccc(OC)c1. The molecule has 0 aromatic heterocycles. The van der Waals surface area contributed by atoms with Crippen molar-refractivity contribution in [2.45, 2.75) is 32.7 Å². The predicted molar refractivity (Wildman–Crippen MR) is 109 cm³/mol. The second-order valence-electron chi connectivity index (χ2n) is 6.85. The lowest BCUT2D eigenvalue weighted by atomic mass is 10.0. The summed E-state index contributed by atoms with van der Waals surface area (Å²) in [5, 5.41) is 1.23. The number of hydrazine groups is 1. The molecule has 2 aromatic rings. The normalized spacial score (nSPS) is 14.9.